The van der Waals surface area contributed by atoms with E-state index in [1.165, 1.54) is 0 Å². The Bertz CT molecular complexity index is 153. The van der Waals surface area contributed by atoms with E-state index in [2.05, 4.69) is 13.8 Å². The molecule has 2 rings (SSSR count). The molecule has 0 radical (unpaired) electrons. The quantitative estimate of drug-likeness (QED) is 0.510. The third-order valence-corrected chi connectivity index (χ3v) is 2.52. The molecule has 1 N–H and O–H groups in total. The largest absolute Gasteiger partial charge is 0.390 e. The number of hydrogen-bond donors (Lipinski definition) is 1. The molecule has 1 saturated heterocycles. The monoisotopic (exact) mass is 142 g/mol. The van der Waals surface area contributed by atoms with Gasteiger partial charge < -0.3 is 9.84 Å². The fraction of sp³-hybridized carbons (Fsp3) is 1.00. The van der Waals surface area contributed by atoms with Crippen LogP contribution in [0.4, 0.5) is 0 Å². The van der Waals surface area contributed by atoms with E-state index in [1.807, 2.05) is 0 Å². The van der Waals surface area contributed by atoms with Gasteiger partial charge in [-0.2, -0.15) is 0 Å². The molecule has 1 heterocycles. The van der Waals surface area contributed by atoms with Crippen LogP contribution >= 0.6 is 0 Å². The van der Waals surface area contributed by atoms with Crippen LogP contribution in [-0.4, -0.2) is 23.4 Å². The van der Waals surface area contributed by atoms with Crippen LogP contribution in [0.2, 0.25) is 0 Å². The molecule has 58 valence electrons. The van der Waals surface area contributed by atoms with Crippen molar-refractivity contribution >= 4 is 0 Å². The summed E-state index contributed by atoms with van der Waals surface area (Å²) >= 11 is 0. The average molecular weight is 142 g/mol. The Balaban J connectivity index is 2.06. The molecular weight excluding hydrogens is 128 g/mol. The zero-order chi connectivity index (χ0) is 7.35. The number of epoxide rings is 1. The maximum absolute atomic E-state index is 9.43. The molecule has 10 heavy (non-hydrogen) atoms. The summed E-state index contributed by atoms with van der Waals surface area (Å²) < 4.78 is 5.28. The summed E-state index contributed by atoms with van der Waals surface area (Å²) in [7, 11) is 0. The predicted molar refractivity (Wildman–Crippen MR) is 37.7 cm³/mol. The summed E-state index contributed by atoms with van der Waals surface area (Å²) in [5.41, 5.74) is 0.289. The van der Waals surface area contributed by atoms with Crippen LogP contribution < -0.4 is 0 Å². The van der Waals surface area contributed by atoms with Crippen molar-refractivity contribution in [2.75, 3.05) is 0 Å². The first-order valence-electron chi connectivity index (χ1n) is 3.92. The van der Waals surface area contributed by atoms with E-state index in [9.17, 15) is 5.11 Å². The van der Waals surface area contributed by atoms with E-state index in [-0.39, 0.29) is 17.6 Å². The standard InChI is InChI=1S/C8H14O2/c1-8(2)3-5(9)7-6(4-8)10-7/h5-7,9H,3-4H2,1-2H3/t5-,6+,7+/m0/s1. The maximum Gasteiger partial charge on any atom is 0.110 e. The minimum absolute atomic E-state index is 0.188. The van der Waals surface area contributed by atoms with E-state index in [1.54, 1.807) is 0 Å². The second kappa shape index (κ2) is 1.74. The zero-order valence-corrected chi connectivity index (χ0v) is 6.50. The molecule has 2 fully saturated rings. The van der Waals surface area contributed by atoms with Crippen molar-refractivity contribution in [3.05, 3.63) is 0 Å². The van der Waals surface area contributed by atoms with Crippen molar-refractivity contribution in [2.24, 2.45) is 5.41 Å². The summed E-state index contributed by atoms with van der Waals surface area (Å²) in [5.74, 6) is 0. The number of hydrogen-bond acceptors (Lipinski definition) is 2. The first-order chi connectivity index (χ1) is 4.58. The maximum atomic E-state index is 9.43. The number of rotatable bonds is 0. The highest BCUT2D eigenvalue weighted by molar-refractivity contribution is 5.00. The molecule has 1 saturated carbocycles. The first kappa shape index (κ1) is 6.62. The van der Waals surface area contributed by atoms with Gasteiger partial charge >= 0.3 is 0 Å². The minimum Gasteiger partial charge on any atom is -0.390 e. The molecule has 0 aromatic carbocycles. The molecule has 1 aliphatic carbocycles. The normalized spacial score (nSPS) is 50.1. The molecule has 0 bridgehead atoms. The third kappa shape index (κ3) is 0.956. The molecular formula is C8H14O2. The van der Waals surface area contributed by atoms with Gasteiger partial charge in [-0.3, -0.25) is 0 Å². The van der Waals surface area contributed by atoms with Crippen LogP contribution in [0.1, 0.15) is 26.7 Å². The Hall–Kier alpha value is -0.0800. The van der Waals surface area contributed by atoms with Gasteiger partial charge in [-0.05, 0) is 18.3 Å². The van der Waals surface area contributed by atoms with Gasteiger partial charge in [0.15, 0.2) is 0 Å². The van der Waals surface area contributed by atoms with Gasteiger partial charge in [0.2, 0.25) is 0 Å². The smallest absolute Gasteiger partial charge is 0.110 e. The summed E-state index contributed by atoms with van der Waals surface area (Å²) in [6.45, 7) is 4.38. The van der Waals surface area contributed by atoms with E-state index in [0.717, 1.165) is 12.8 Å². The highest BCUT2D eigenvalue weighted by atomic mass is 16.6. The molecule has 0 aromatic heterocycles. The lowest BCUT2D eigenvalue weighted by atomic mass is 9.76. The molecule has 1 aliphatic heterocycles. The minimum atomic E-state index is -0.200. The topological polar surface area (TPSA) is 32.8 Å². The van der Waals surface area contributed by atoms with Crippen LogP contribution in [0, 0.1) is 5.41 Å². The Labute approximate surface area is 61.2 Å². The van der Waals surface area contributed by atoms with Crippen LogP contribution in [0.15, 0.2) is 0 Å². The van der Waals surface area contributed by atoms with Gasteiger partial charge in [-0.1, -0.05) is 13.8 Å². The Kier molecular flexibility index (Phi) is 1.15. The second-order valence-electron chi connectivity index (χ2n) is 4.28. The van der Waals surface area contributed by atoms with Crippen LogP contribution in [-0.2, 0) is 4.74 Å². The van der Waals surface area contributed by atoms with Gasteiger partial charge in [-0.15, -0.1) is 0 Å². The van der Waals surface area contributed by atoms with E-state index >= 15 is 0 Å². The number of aliphatic hydroxyl groups is 1. The summed E-state index contributed by atoms with van der Waals surface area (Å²) in [5, 5.41) is 9.43. The van der Waals surface area contributed by atoms with Crippen molar-refractivity contribution in [3.8, 4) is 0 Å². The molecule has 2 nitrogen and oxygen atoms in total. The lowest BCUT2D eigenvalue weighted by Crippen LogP contribution is -2.32. The van der Waals surface area contributed by atoms with Gasteiger partial charge in [-0.25, -0.2) is 0 Å². The van der Waals surface area contributed by atoms with Crippen molar-refractivity contribution in [2.45, 2.75) is 45.0 Å². The highest BCUT2D eigenvalue weighted by Crippen LogP contribution is 2.45. The first-order valence-corrected chi connectivity index (χ1v) is 3.92. The molecule has 2 heteroatoms. The van der Waals surface area contributed by atoms with Crippen LogP contribution in [0.5, 0.6) is 0 Å². The second-order valence-corrected chi connectivity index (χ2v) is 4.28. The SMILES string of the molecule is CC1(C)C[C@H](O)[C@H]2O[C@@H]2C1. The Morgan fingerprint density at radius 3 is 2.70 bits per heavy atom. The molecule has 3 atom stereocenters. The fourth-order valence-electron chi connectivity index (χ4n) is 1.97. The van der Waals surface area contributed by atoms with Crippen LogP contribution in [0.25, 0.3) is 0 Å². The summed E-state index contributed by atoms with van der Waals surface area (Å²) in [6.07, 6.45) is 2.38. The number of ether oxygens (including phenoxy) is 1. The fourth-order valence-corrected chi connectivity index (χ4v) is 1.97. The average Bonchev–Trinajstić information content (AvgIpc) is 2.40. The highest BCUT2D eigenvalue weighted by Gasteiger charge is 2.52. The van der Waals surface area contributed by atoms with E-state index in [0.29, 0.717) is 6.10 Å². The molecule has 0 unspecified atom stereocenters. The number of aliphatic hydroxyl groups excluding tert-OH is 1. The van der Waals surface area contributed by atoms with Gasteiger partial charge in [0, 0.05) is 0 Å². The lowest BCUT2D eigenvalue weighted by molar-refractivity contribution is 0.0785. The third-order valence-electron chi connectivity index (χ3n) is 2.52. The van der Waals surface area contributed by atoms with Crippen molar-refractivity contribution in [3.63, 3.8) is 0 Å². The molecule has 0 spiro atoms. The Morgan fingerprint density at radius 1 is 1.40 bits per heavy atom. The summed E-state index contributed by atoms with van der Waals surface area (Å²) in [6, 6.07) is 0. The zero-order valence-electron chi connectivity index (χ0n) is 6.50. The van der Waals surface area contributed by atoms with E-state index < -0.39 is 0 Å². The van der Waals surface area contributed by atoms with E-state index in [4.69, 9.17) is 4.74 Å². The number of fused-ring (bicyclic) bond motifs is 1. The lowest BCUT2D eigenvalue weighted by Gasteiger charge is -2.29. The Morgan fingerprint density at radius 2 is 2.10 bits per heavy atom. The van der Waals surface area contributed by atoms with Gasteiger partial charge in [0.05, 0.1) is 12.2 Å². The van der Waals surface area contributed by atoms with Gasteiger partial charge in [0.1, 0.15) is 6.10 Å². The molecule has 0 amide bonds. The van der Waals surface area contributed by atoms with Gasteiger partial charge in [0.25, 0.3) is 0 Å². The van der Waals surface area contributed by atoms with Crippen LogP contribution in [0.3, 0.4) is 0 Å². The van der Waals surface area contributed by atoms with Crippen molar-refractivity contribution in [1.29, 1.82) is 0 Å². The van der Waals surface area contributed by atoms with Crippen molar-refractivity contribution < 1.29 is 9.84 Å². The summed E-state index contributed by atoms with van der Waals surface area (Å²) in [4.78, 5) is 0. The molecule has 2 aliphatic rings. The predicted octanol–water partition coefficient (Wildman–Crippen LogP) is 0.935. The molecule has 0 aromatic rings. The van der Waals surface area contributed by atoms with Crippen molar-refractivity contribution in [1.82, 2.24) is 0 Å².